The quantitative estimate of drug-likeness (QED) is 0.0421. The van der Waals surface area contributed by atoms with Crippen molar-refractivity contribution in [2.45, 2.75) is 264 Å². The third-order valence-corrected chi connectivity index (χ3v) is 12.0. The van der Waals surface area contributed by atoms with Crippen LogP contribution in [0.15, 0.2) is 109 Å². The van der Waals surface area contributed by atoms with E-state index in [1.165, 1.54) is 154 Å². The number of hydrogen-bond acceptors (Lipinski definition) is 3. The highest BCUT2D eigenvalue weighted by Gasteiger charge is 2.17. The fraction of sp³-hybridized carbons (Fsp3) is 0.689. The molecule has 0 rings (SSSR count). The minimum Gasteiger partial charge on any atom is -0.394 e. The summed E-state index contributed by atoms with van der Waals surface area (Å²) in [5, 5.41) is 23.0. The zero-order valence-electron chi connectivity index (χ0n) is 42.7. The van der Waals surface area contributed by atoms with Crippen molar-refractivity contribution in [3.8, 4) is 0 Å². The Hall–Kier alpha value is -2.95. The molecule has 372 valence electrons. The molecule has 0 aliphatic rings. The van der Waals surface area contributed by atoms with E-state index in [1.807, 2.05) is 6.08 Å². The highest BCUT2D eigenvalue weighted by Crippen LogP contribution is 2.15. The molecule has 0 spiro atoms. The van der Waals surface area contributed by atoms with Gasteiger partial charge in [-0.25, -0.2) is 0 Å². The van der Waals surface area contributed by atoms with Gasteiger partial charge in [-0.05, 0) is 89.9 Å². The smallest absolute Gasteiger partial charge is 0.220 e. The number of amides is 1. The predicted molar refractivity (Wildman–Crippen MR) is 289 cm³/mol. The van der Waals surface area contributed by atoms with Crippen LogP contribution in [0, 0.1) is 0 Å². The number of carbonyl (C=O) groups is 1. The van der Waals surface area contributed by atoms with Gasteiger partial charge in [-0.1, -0.05) is 264 Å². The van der Waals surface area contributed by atoms with Gasteiger partial charge in [-0.15, -0.1) is 0 Å². The Bertz CT molecular complexity index is 1250. The molecule has 0 aromatic heterocycles. The van der Waals surface area contributed by atoms with Crippen molar-refractivity contribution in [3.63, 3.8) is 0 Å². The van der Waals surface area contributed by atoms with Gasteiger partial charge in [0.2, 0.25) is 5.91 Å². The van der Waals surface area contributed by atoms with Crippen LogP contribution in [0.1, 0.15) is 251 Å². The molecule has 1 amide bonds. The number of aliphatic hydroxyl groups is 2. The summed E-state index contributed by atoms with van der Waals surface area (Å²) in [6, 6.07) is -0.643. The summed E-state index contributed by atoms with van der Waals surface area (Å²) in [6.45, 7) is 4.17. The Morgan fingerprint density at radius 1 is 0.385 bits per heavy atom. The first-order chi connectivity index (χ1) is 32.2. The number of carbonyl (C=O) groups excluding carboxylic acids is 1. The molecule has 0 aliphatic carbocycles. The lowest BCUT2D eigenvalue weighted by Gasteiger charge is -2.19. The zero-order chi connectivity index (χ0) is 47.0. The largest absolute Gasteiger partial charge is 0.394 e. The SMILES string of the molecule is CC/C=C\C/C=C\C/C=C\C/C=C\C/C=C\C/C=C\C/C=C\CCCCCCCCCCCCCCCCCCCC(=O)NC(CO)C(O)/C=C/CC/C=C/CCCCCCCCCC. The van der Waals surface area contributed by atoms with E-state index in [9.17, 15) is 15.0 Å². The van der Waals surface area contributed by atoms with Gasteiger partial charge >= 0.3 is 0 Å². The van der Waals surface area contributed by atoms with Gasteiger partial charge < -0.3 is 15.5 Å². The first kappa shape index (κ1) is 62.1. The van der Waals surface area contributed by atoms with E-state index in [0.29, 0.717) is 6.42 Å². The molecule has 4 nitrogen and oxygen atoms in total. The van der Waals surface area contributed by atoms with E-state index >= 15 is 0 Å². The summed E-state index contributed by atoms with van der Waals surface area (Å²) in [4.78, 5) is 12.4. The maximum Gasteiger partial charge on any atom is 0.220 e. The summed E-state index contributed by atoms with van der Waals surface area (Å²) < 4.78 is 0. The number of hydrogen-bond donors (Lipinski definition) is 3. The molecular weight excluding hydrogens is 795 g/mol. The van der Waals surface area contributed by atoms with Crippen molar-refractivity contribution in [1.29, 1.82) is 0 Å². The van der Waals surface area contributed by atoms with Gasteiger partial charge in [0, 0.05) is 6.42 Å². The topological polar surface area (TPSA) is 69.6 Å². The first-order valence-corrected chi connectivity index (χ1v) is 27.6. The van der Waals surface area contributed by atoms with Crippen LogP contribution in [0.3, 0.4) is 0 Å². The molecular formula is C61H105NO3. The minimum atomic E-state index is -0.865. The third-order valence-electron chi connectivity index (χ3n) is 12.0. The van der Waals surface area contributed by atoms with Gasteiger partial charge in [-0.3, -0.25) is 4.79 Å². The Morgan fingerprint density at radius 2 is 0.692 bits per heavy atom. The second kappa shape index (κ2) is 55.4. The normalized spacial score (nSPS) is 13.7. The molecule has 0 bridgehead atoms. The van der Waals surface area contributed by atoms with Crippen LogP contribution >= 0.6 is 0 Å². The van der Waals surface area contributed by atoms with E-state index < -0.39 is 12.1 Å². The van der Waals surface area contributed by atoms with Crippen LogP contribution in [0.25, 0.3) is 0 Å². The van der Waals surface area contributed by atoms with Crippen molar-refractivity contribution in [2.24, 2.45) is 0 Å². The van der Waals surface area contributed by atoms with Crippen LogP contribution in [0.5, 0.6) is 0 Å². The van der Waals surface area contributed by atoms with Crippen molar-refractivity contribution in [2.75, 3.05) is 6.61 Å². The van der Waals surface area contributed by atoms with Gasteiger partial charge in [-0.2, -0.15) is 0 Å². The molecule has 2 unspecified atom stereocenters. The molecule has 4 heteroatoms. The Morgan fingerprint density at radius 3 is 1.08 bits per heavy atom. The monoisotopic (exact) mass is 900 g/mol. The summed E-state index contributed by atoms with van der Waals surface area (Å²) in [7, 11) is 0. The molecule has 0 heterocycles. The molecule has 0 fully saturated rings. The fourth-order valence-corrected chi connectivity index (χ4v) is 7.82. The lowest BCUT2D eigenvalue weighted by Crippen LogP contribution is -2.45. The second-order valence-electron chi connectivity index (χ2n) is 18.3. The van der Waals surface area contributed by atoms with Gasteiger partial charge in [0.25, 0.3) is 0 Å². The average Bonchev–Trinajstić information content (AvgIpc) is 3.31. The van der Waals surface area contributed by atoms with Crippen LogP contribution in [-0.2, 0) is 4.79 Å². The summed E-state index contributed by atoms with van der Waals surface area (Å²) in [5.41, 5.74) is 0. The molecule has 0 saturated carbocycles. The number of rotatable bonds is 49. The summed E-state index contributed by atoms with van der Waals surface area (Å²) in [5.74, 6) is -0.0762. The van der Waals surface area contributed by atoms with Gasteiger partial charge in [0.1, 0.15) is 0 Å². The van der Waals surface area contributed by atoms with Gasteiger partial charge in [0.05, 0.1) is 18.8 Å². The van der Waals surface area contributed by atoms with Crippen molar-refractivity contribution in [1.82, 2.24) is 5.32 Å². The lowest BCUT2D eigenvalue weighted by atomic mass is 10.0. The van der Waals surface area contributed by atoms with Crippen LogP contribution < -0.4 is 5.32 Å². The zero-order valence-corrected chi connectivity index (χ0v) is 42.7. The number of aliphatic hydroxyl groups excluding tert-OH is 2. The number of unbranched alkanes of at least 4 members (excludes halogenated alkanes) is 26. The van der Waals surface area contributed by atoms with Crippen LogP contribution in [0.2, 0.25) is 0 Å². The Kier molecular flexibility index (Phi) is 52.9. The molecule has 65 heavy (non-hydrogen) atoms. The highest BCUT2D eigenvalue weighted by atomic mass is 16.3. The van der Waals surface area contributed by atoms with Crippen LogP contribution in [0.4, 0.5) is 0 Å². The number of nitrogens with one attached hydrogen (secondary N) is 1. The Balaban J connectivity index is 3.52. The third kappa shape index (κ3) is 51.9. The minimum absolute atomic E-state index is 0.0762. The number of allylic oxidation sites excluding steroid dienone is 17. The summed E-state index contributed by atoms with van der Waals surface area (Å²) >= 11 is 0. The van der Waals surface area contributed by atoms with Gasteiger partial charge in [0.15, 0.2) is 0 Å². The second-order valence-corrected chi connectivity index (χ2v) is 18.3. The summed E-state index contributed by atoms with van der Waals surface area (Å²) in [6.07, 6.45) is 83.9. The standard InChI is InChI=1S/C61H105NO3/c1-3-5-7-9-11-13-15-17-19-20-21-22-23-24-25-26-27-28-29-30-31-32-33-34-35-36-37-38-39-40-41-42-43-45-47-49-51-53-55-57-61(65)62-59(58-63)60(64)56-54-52-50-48-46-44-18-16-14-12-10-8-6-4-2/h5,7,11,13,17,19,21-22,24-25,27-28,30-31,46,48,54,56,59-60,63-64H,3-4,6,8-10,12,14-16,18,20,23,26,29,32-45,47,49-53,55,57-58H2,1-2H3,(H,62,65)/b7-5-,13-11-,19-17-,22-21-,25-24-,28-27-,31-30-,48-46+,56-54+. The average molecular weight is 901 g/mol. The van der Waals surface area contributed by atoms with Crippen molar-refractivity contribution >= 4 is 5.91 Å². The van der Waals surface area contributed by atoms with Crippen molar-refractivity contribution < 1.29 is 15.0 Å². The highest BCUT2D eigenvalue weighted by molar-refractivity contribution is 5.76. The van der Waals surface area contributed by atoms with E-state index in [1.54, 1.807) is 6.08 Å². The Labute approximate surface area is 404 Å². The predicted octanol–water partition coefficient (Wildman–Crippen LogP) is 18.3. The lowest BCUT2D eigenvalue weighted by molar-refractivity contribution is -0.123. The van der Waals surface area contributed by atoms with E-state index in [-0.39, 0.29) is 12.5 Å². The molecule has 2 atom stereocenters. The fourth-order valence-electron chi connectivity index (χ4n) is 7.82. The molecule has 0 aliphatic heterocycles. The maximum absolute atomic E-state index is 12.4. The van der Waals surface area contributed by atoms with E-state index in [4.69, 9.17) is 0 Å². The van der Waals surface area contributed by atoms with E-state index in [2.05, 4.69) is 116 Å². The molecule has 0 aromatic rings. The molecule has 0 aromatic carbocycles. The first-order valence-electron chi connectivity index (χ1n) is 27.6. The molecule has 0 radical (unpaired) electrons. The van der Waals surface area contributed by atoms with Crippen molar-refractivity contribution in [3.05, 3.63) is 109 Å². The maximum atomic E-state index is 12.4. The van der Waals surface area contributed by atoms with E-state index in [0.717, 1.165) is 77.0 Å². The van der Waals surface area contributed by atoms with Crippen LogP contribution in [-0.4, -0.2) is 34.9 Å². The molecule has 0 saturated heterocycles. The molecule has 3 N–H and O–H groups in total.